The molecule has 0 amide bonds. The van der Waals surface area contributed by atoms with Gasteiger partial charge in [0.1, 0.15) is 0 Å². The molecule has 0 fully saturated rings. The average Bonchev–Trinajstić information content (AvgIpc) is 2.43. The van der Waals surface area contributed by atoms with Gasteiger partial charge in [-0.2, -0.15) is 0 Å². The zero-order chi connectivity index (χ0) is 13.9. The minimum absolute atomic E-state index is 0.647. The number of hydrogen-bond donors (Lipinski definition) is 1. The van der Waals surface area contributed by atoms with E-state index in [1.54, 1.807) is 0 Å². The van der Waals surface area contributed by atoms with Crippen LogP contribution in [0.3, 0.4) is 0 Å². The standard InChI is InChI=1S/C16H25NO2/c1-4-7-8-12-19-16-14(13-17-5-2)10-9-11-15(16)18-6-3/h4,9-11,17H,1,5-8,12-13H2,2-3H3. The molecular weight excluding hydrogens is 238 g/mol. The maximum absolute atomic E-state index is 5.91. The number of ether oxygens (including phenoxy) is 2. The topological polar surface area (TPSA) is 30.5 Å². The van der Waals surface area contributed by atoms with E-state index in [0.29, 0.717) is 13.2 Å². The van der Waals surface area contributed by atoms with Gasteiger partial charge >= 0.3 is 0 Å². The molecule has 3 heteroatoms. The van der Waals surface area contributed by atoms with Crippen molar-refractivity contribution >= 4 is 0 Å². The first-order valence-electron chi connectivity index (χ1n) is 7.02. The van der Waals surface area contributed by atoms with Crippen LogP contribution in [0.15, 0.2) is 30.9 Å². The summed E-state index contributed by atoms with van der Waals surface area (Å²) in [5, 5.41) is 3.32. The second kappa shape index (κ2) is 9.45. The Balaban J connectivity index is 2.76. The van der Waals surface area contributed by atoms with Crippen molar-refractivity contribution in [3.05, 3.63) is 36.4 Å². The first-order chi connectivity index (χ1) is 9.33. The second-order valence-electron chi connectivity index (χ2n) is 4.24. The highest BCUT2D eigenvalue weighted by atomic mass is 16.5. The van der Waals surface area contributed by atoms with E-state index >= 15 is 0 Å². The van der Waals surface area contributed by atoms with Crippen molar-refractivity contribution in [1.29, 1.82) is 0 Å². The smallest absolute Gasteiger partial charge is 0.165 e. The third kappa shape index (κ3) is 5.35. The van der Waals surface area contributed by atoms with E-state index in [2.05, 4.69) is 24.9 Å². The van der Waals surface area contributed by atoms with E-state index in [-0.39, 0.29) is 0 Å². The van der Waals surface area contributed by atoms with E-state index in [4.69, 9.17) is 9.47 Å². The molecule has 0 aliphatic carbocycles. The summed E-state index contributed by atoms with van der Waals surface area (Å²) in [4.78, 5) is 0. The molecular formula is C16H25NO2. The molecule has 1 aromatic rings. The highest BCUT2D eigenvalue weighted by Crippen LogP contribution is 2.31. The van der Waals surface area contributed by atoms with Crippen molar-refractivity contribution in [2.75, 3.05) is 19.8 Å². The summed E-state index contributed by atoms with van der Waals surface area (Å²) < 4.78 is 11.5. The van der Waals surface area contributed by atoms with Crippen molar-refractivity contribution in [1.82, 2.24) is 5.32 Å². The maximum atomic E-state index is 5.91. The van der Waals surface area contributed by atoms with Crippen molar-refractivity contribution in [2.24, 2.45) is 0 Å². The lowest BCUT2D eigenvalue weighted by molar-refractivity contribution is 0.271. The average molecular weight is 263 g/mol. The highest BCUT2D eigenvalue weighted by molar-refractivity contribution is 5.46. The SMILES string of the molecule is C=CCCCOc1c(CNCC)cccc1OCC. The Labute approximate surface area is 116 Å². The number of hydrogen-bond acceptors (Lipinski definition) is 3. The van der Waals surface area contributed by atoms with E-state index in [1.807, 2.05) is 25.1 Å². The van der Waals surface area contributed by atoms with Crippen LogP contribution >= 0.6 is 0 Å². The van der Waals surface area contributed by atoms with Crippen LogP contribution in [0.2, 0.25) is 0 Å². The molecule has 1 N–H and O–H groups in total. The summed E-state index contributed by atoms with van der Waals surface area (Å²) in [6, 6.07) is 6.05. The fraction of sp³-hybridized carbons (Fsp3) is 0.500. The predicted molar refractivity (Wildman–Crippen MR) is 79.9 cm³/mol. The van der Waals surface area contributed by atoms with Crippen LogP contribution < -0.4 is 14.8 Å². The van der Waals surface area contributed by atoms with Crippen LogP contribution in [0.25, 0.3) is 0 Å². The van der Waals surface area contributed by atoms with Gasteiger partial charge < -0.3 is 14.8 Å². The second-order valence-corrected chi connectivity index (χ2v) is 4.24. The molecule has 0 spiro atoms. The van der Waals surface area contributed by atoms with Crippen molar-refractivity contribution in [3.8, 4) is 11.5 Å². The van der Waals surface area contributed by atoms with Gasteiger partial charge in [0, 0.05) is 12.1 Å². The Morgan fingerprint density at radius 2 is 2.11 bits per heavy atom. The lowest BCUT2D eigenvalue weighted by Gasteiger charge is -2.16. The van der Waals surface area contributed by atoms with Crippen molar-refractivity contribution < 1.29 is 9.47 Å². The Bertz CT molecular complexity index is 377. The molecule has 0 radical (unpaired) electrons. The lowest BCUT2D eigenvalue weighted by atomic mass is 10.2. The first kappa shape index (κ1) is 15.6. The largest absolute Gasteiger partial charge is 0.490 e. The first-order valence-corrected chi connectivity index (χ1v) is 7.02. The number of unbranched alkanes of at least 4 members (excludes halogenated alkanes) is 1. The molecule has 0 atom stereocenters. The van der Waals surface area contributed by atoms with E-state index < -0.39 is 0 Å². The summed E-state index contributed by atoms with van der Waals surface area (Å²) >= 11 is 0. The summed E-state index contributed by atoms with van der Waals surface area (Å²) in [5.41, 5.74) is 1.14. The lowest BCUT2D eigenvalue weighted by Crippen LogP contribution is -2.13. The van der Waals surface area contributed by atoms with E-state index in [1.165, 1.54) is 0 Å². The Morgan fingerprint density at radius 1 is 1.26 bits per heavy atom. The quantitative estimate of drug-likeness (QED) is 0.517. The Kier molecular flexibility index (Phi) is 7.75. The molecule has 0 saturated carbocycles. The Hall–Kier alpha value is -1.48. The van der Waals surface area contributed by atoms with Crippen LogP contribution in [0.1, 0.15) is 32.3 Å². The minimum Gasteiger partial charge on any atom is -0.490 e. The monoisotopic (exact) mass is 263 g/mol. The summed E-state index contributed by atoms with van der Waals surface area (Å²) in [7, 11) is 0. The maximum Gasteiger partial charge on any atom is 0.165 e. The van der Waals surface area contributed by atoms with Gasteiger partial charge in [-0.1, -0.05) is 25.1 Å². The van der Waals surface area contributed by atoms with Crippen LogP contribution in [-0.2, 0) is 6.54 Å². The van der Waals surface area contributed by atoms with Crippen LogP contribution in [0.4, 0.5) is 0 Å². The van der Waals surface area contributed by atoms with Gasteiger partial charge in [-0.05, 0) is 32.4 Å². The van der Waals surface area contributed by atoms with Crippen molar-refractivity contribution in [2.45, 2.75) is 33.2 Å². The van der Waals surface area contributed by atoms with Gasteiger partial charge in [0.05, 0.1) is 13.2 Å². The molecule has 3 nitrogen and oxygen atoms in total. The fourth-order valence-electron chi connectivity index (χ4n) is 1.80. The third-order valence-corrected chi connectivity index (χ3v) is 2.72. The fourth-order valence-corrected chi connectivity index (χ4v) is 1.80. The van der Waals surface area contributed by atoms with Gasteiger partial charge in [-0.25, -0.2) is 0 Å². The number of rotatable bonds is 10. The molecule has 1 rings (SSSR count). The van der Waals surface area contributed by atoms with E-state index in [0.717, 1.165) is 43.0 Å². The molecule has 0 aliphatic rings. The normalized spacial score (nSPS) is 10.2. The van der Waals surface area contributed by atoms with Gasteiger partial charge in [0.15, 0.2) is 11.5 Å². The molecule has 19 heavy (non-hydrogen) atoms. The summed E-state index contributed by atoms with van der Waals surface area (Å²) in [5.74, 6) is 1.70. The zero-order valence-corrected chi connectivity index (χ0v) is 12.1. The molecule has 0 bridgehead atoms. The Morgan fingerprint density at radius 3 is 2.79 bits per heavy atom. The number of benzene rings is 1. The third-order valence-electron chi connectivity index (χ3n) is 2.72. The van der Waals surface area contributed by atoms with Gasteiger partial charge in [0.2, 0.25) is 0 Å². The van der Waals surface area contributed by atoms with Gasteiger partial charge in [-0.15, -0.1) is 6.58 Å². The van der Waals surface area contributed by atoms with Crippen LogP contribution in [0, 0.1) is 0 Å². The van der Waals surface area contributed by atoms with E-state index in [9.17, 15) is 0 Å². The van der Waals surface area contributed by atoms with Crippen molar-refractivity contribution in [3.63, 3.8) is 0 Å². The number of para-hydroxylation sites is 1. The molecule has 0 saturated heterocycles. The minimum atomic E-state index is 0.647. The zero-order valence-electron chi connectivity index (χ0n) is 12.1. The molecule has 0 aromatic heterocycles. The molecule has 1 aromatic carbocycles. The molecule has 0 unspecified atom stereocenters. The summed E-state index contributed by atoms with van der Waals surface area (Å²) in [6.07, 6.45) is 3.86. The van der Waals surface area contributed by atoms with Gasteiger partial charge in [-0.3, -0.25) is 0 Å². The molecule has 0 aliphatic heterocycles. The van der Waals surface area contributed by atoms with Crippen LogP contribution in [-0.4, -0.2) is 19.8 Å². The number of allylic oxidation sites excluding steroid dienone is 1. The predicted octanol–water partition coefficient (Wildman–Crippen LogP) is 3.54. The molecule has 0 heterocycles. The number of nitrogens with one attached hydrogen (secondary N) is 1. The van der Waals surface area contributed by atoms with Crippen LogP contribution in [0.5, 0.6) is 11.5 Å². The van der Waals surface area contributed by atoms with Gasteiger partial charge in [0.25, 0.3) is 0 Å². The highest BCUT2D eigenvalue weighted by Gasteiger charge is 2.10. The summed E-state index contributed by atoms with van der Waals surface area (Å²) in [6.45, 7) is 10.9. The molecule has 106 valence electrons.